The Labute approximate surface area is 97.0 Å². The summed E-state index contributed by atoms with van der Waals surface area (Å²) in [5.41, 5.74) is 1.91. The first-order chi connectivity index (χ1) is 7.24. The van der Waals surface area contributed by atoms with E-state index < -0.39 is 0 Å². The van der Waals surface area contributed by atoms with Crippen LogP contribution in [0, 0.1) is 11.8 Å². The van der Waals surface area contributed by atoms with Gasteiger partial charge in [0, 0.05) is 17.0 Å². The van der Waals surface area contributed by atoms with Gasteiger partial charge in [-0.05, 0) is 24.1 Å². The summed E-state index contributed by atoms with van der Waals surface area (Å²) in [6, 6.07) is 7.60. The lowest BCUT2D eigenvalue weighted by atomic mass is 10.1. The van der Waals surface area contributed by atoms with Crippen molar-refractivity contribution in [3.8, 4) is 11.8 Å². The number of allylic oxidation sites excluding steroid dienone is 1. The highest BCUT2D eigenvalue weighted by molar-refractivity contribution is 6.30. The minimum Gasteiger partial charge on any atom is -0.0979 e. The zero-order chi connectivity index (χ0) is 11.1. The Morgan fingerprint density at radius 2 is 2.00 bits per heavy atom. The first-order valence-corrected chi connectivity index (χ1v) is 5.55. The van der Waals surface area contributed by atoms with Crippen LogP contribution in [0.2, 0.25) is 5.02 Å². The molecule has 0 nitrogen and oxygen atoms in total. The van der Waals surface area contributed by atoms with Crippen molar-refractivity contribution in [3.05, 3.63) is 41.4 Å². The topological polar surface area (TPSA) is 0 Å². The lowest BCUT2D eigenvalue weighted by Gasteiger charge is -1.97. The summed E-state index contributed by atoms with van der Waals surface area (Å²) < 4.78 is 0. The van der Waals surface area contributed by atoms with Crippen molar-refractivity contribution >= 4 is 17.2 Å². The molecule has 0 amide bonds. The molecule has 0 fully saturated rings. The van der Waals surface area contributed by atoms with E-state index in [0.717, 1.165) is 29.0 Å². The zero-order valence-electron chi connectivity index (χ0n) is 9.02. The van der Waals surface area contributed by atoms with Crippen molar-refractivity contribution in [3.63, 3.8) is 0 Å². The van der Waals surface area contributed by atoms with Crippen molar-refractivity contribution in [1.82, 2.24) is 0 Å². The fourth-order valence-corrected chi connectivity index (χ4v) is 1.28. The smallest absolute Gasteiger partial charge is 0.0406 e. The molecule has 0 bridgehead atoms. The van der Waals surface area contributed by atoms with Crippen LogP contribution < -0.4 is 0 Å². The molecule has 0 radical (unpaired) electrons. The molecular formula is C14H15Cl. The molecule has 0 aromatic heterocycles. The maximum Gasteiger partial charge on any atom is 0.0406 e. The molecule has 15 heavy (non-hydrogen) atoms. The van der Waals surface area contributed by atoms with Crippen molar-refractivity contribution < 1.29 is 0 Å². The maximum absolute atomic E-state index is 5.80. The van der Waals surface area contributed by atoms with Crippen LogP contribution in [-0.2, 0) is 0 Å². The first-order valence-electron chi connectivity index (χ1n) is 5.17. The lowest BCUT2D eigenvalue weighted by Crippen LogP contribution is -1.78. The van der Waals surface area contributed by atoms with Crippen LogP contribution in [-0.4, -0.2) is 0 Å². The van der Waals surface area contributed by atoms with E-state index in [4.69, 9.17) is 11.6 Å². The van der Waals surface area contributed by atoms with E-state index >= 15 is 0 Å². The van der Waals surface area contributed by atoms with E-state index in [-0.39, 0.29) is 0 Å². The van der Waals surface area contributed by atoms with E-state index in [1.807, 2.05) is 24.3 Å². The van der Waals surface area contributed by atoms with Gasteiger partial charge in [-0.25, -0.2) is 0 Å². The summed E-state index contributed by atoms with van der Waals surface area (Å²) in [4.78, 5) is 0. The van der Waals surface area contributed by atoms with E-state index in [9.17, 15) is 0 Å². The van der Waals surface area contributed by atoms with Gasteiger partial charge < -0.3 is 0 Å². The molecular weight excluding hydrogens is 204 g/mol. The third-order valence-corrected chi connectivity index (χ3v) is 2.34. The molecule has 0 heterocycles. The first kappa shape index (κ1) is 11.9. The standard InChI is InChI=1S/C14H15Cl/c1-3-4-5-6-7-12(2)13-8-10-14(15)11-9-13/h8-11H,2-5H2,1H3. The Bertz CT molecular complexity index is 376. The molecule has 0 spiro atoms. The van der Waals surface area contributed by atoms with Crippen LogP contribution in [0.5, 0.6) is 0 Å². The van der Waals surface area contributed by atoms with Crippen molar-refractivity contribution in [2.75, 3.05) is 0 Å². The molecule has 1 aromatic carbocycles. The molecule has 0 aliphatic carbocycles. The molecule has 1 rings (SSSR count). The van der Waals surface area contributed by atoms with Gasteiger partial charge in [0.05, 0.1) is 0 Å². The fraction of sp³-hybridized carbons (Fsp3) is 0.286. The summed E-state index contributed by atoms with van der Waals surface area (Å²) in [6.45, 7) is 6.10. The van der Waals surface area contributed by atoms with Crippen LogP contribution in [0.15, 0.2) is 30.8 Å². The van der Waals surface area contributed by atoms with Gasteiger partial charge in [-0.15, -0.1) is 0 Å². The Balaban J connectivity index is 2.60. The highest BCUT2D eigenvalue weighted by atomic mass is 35.5. The van der Waals surface area contributed by atoms with Gasteiger partial charge in [0.25, 0.3) is 0 Å². The quantitative estimate of drug-likeness (QED) is 0.516. The lowest BCUT2D eigenvalue weighted by molar-refractivity contribution is 0.828. The van der Waals surface area contributed by atoms with E-state index in [2.05, 4.69) is 25.3 Å². The molecule has 1 aromatic rings. The van der Waals surface area contributed by atoms with Gasteiger partial charge in [-0.1, -0.05) is 55.5 Å². The number of benzene rings is 1. The summed E-state index contributed by atoms with van der Waals surface area (Å²) in [5, 5.41) is 0.741. The Hall–Kier alpha value is -1.19. The van der Waals surface area contributed by atoms with Crippen LogP contribution in [0.4, 0.5) is 0 Å². The predicted molar refractivity (Wildman–Crippen MR) is 67.8 cm³/mol. The summed E-state index contributed by atoms with van der Waals surface area (Å²) in [7, 11) is 0. The van der Waals surface area contributed by atoms with Crippen LogP contribution in [0.25, 0.3) is 5.57 Å². The molecule has 1 heteroatoms. The van der Waals surface area contributed by atoms with Gasteiger partial charge in [0.1, 0.15) is 0 Å². The number of unbranched alkanes of at least 4 members (excludes halogenated alkanes) is 2. The number of halogens is 1. The number of hydrogen-bond acceptors (Lipinski definition) is 0. The minimum absolute atomic E-state index is 0.741. The Morgan fingerprint density at radius 1 is 1.33 bits per heavy atom. The highest BCUT2D eigenvalue weighted by Gasteiger charge is 1.94. The van der Waals surface area contributed by atoms with Gasteiger partial charge in [0.2, 0.25) is 0 Å². The van der Waals surface area contributed by atoms with E-state index in [1.54, 1.807) is 0 Å². The summed E-state index contributed by atoms with van der Waals surface area (Å²) in [5.74, 6) is 6.18. The highest BCUT2D eigenvalue weighted by Crippen LogP contribution is 2.15. The predicted octanol–water partition coefficient (Wildman–Crippen LogP) is 4.55. The van der Waals surface area contributed by atoms with Crippen molar-refractivity contribution in [2.45, 2.75) is 26.2 Å². The molecule has 0 saturated heterocycles. The van der Waals surface area contributed by atoms with Crippen molar-refractivity contribution in [1.29, 1.82) is 0 Å². The second-order valence-electron chi connectivity index (χ2n) is 3.39. The number of hydrogen-bond donors (Lipinski definition) is 0. The molecule has 0 saturated carbocycles. The monoisotopic (exact) mass is 218 g/mol. The van der Waals surface area contributed by atoms with E-state index in [1.165, 1.54) is 6.42 Å². The van der Waals surface area contributed by atoms with Crippen LogP contribution in [0.3, 0.4) is 0 Å². The molecule has 0 aliphatic rings. The Kier molecular flexibility index (Phi) is 5.01. The normalized spacial score (nSPS) is 9.20. The van der Waals surface area contributed by atoms with Crippen molar-refractivity contribution in [2.24, 2.45) is 0 Å². The third-order valence-electron chi connectivity index (χ3n) is 2.09. The molecule has 0 unspecified atom stereocenters. The minimum atomic E-state index is 0.741. The van der Waals surface area contributed by atoms with Crippen LogP contribution in [0.1, 0.15) is 31.7 Å². The third kappa shape index (κ3) is 4.23. The largest absolute Gasteiger partial charge is 0.0979 e. The van der Waals surface area contributed by atoms with Gasteiger partial charge in [0.15, 0.2) is 0 Å². The number of rotatable bonds is 3. The second-order valence-corrected chi connectivity index (χ2v) is 3.83. The van der Waals surface area contributed by atoms with Gasteiger partial charge in [-0.3, -0.25) is 0 Å². The fourth-order valence-electron chi connectivity index (χ4n) is 1.16. The average Bonchev–Trinajstić information content (AvgIpc) is 2.25. The Morgan fingerprint density at radius 3 is 2.60 bits per heavy atom. The van der Waals surface area contributed by atoms with Crippen LogP contribution >= 0.6 is 11.6 Å². The second kappa shape index (κ2) is 6.32. The molecule has 0 atom stereocenters. The van der Waals surface area contributed by atoms with Gasteiger partial charge in [-0.2, -0.15) is 0 Å². The zero-order valence-corrected chi connectivity index (χ0v) is 9.77. The summed E-state index contributed by atoms with van der Waals surface area (Å²) >= 11 is 5.80. The average molecular weight is 219 g/mol. The SMILES string of the molecule is C=C(C#CCCCC)c1ccc(Cl)cc1. The van der Waals surface area contributed by atoms with E-state index in [0.29, 0.717) is 0 Å². The molecule has 0 N–H and O–H groups in total. The van der Waals surface area contributed by atoms with Gasteiger partial charge >= 0.3 is 0 Å². The maximum atomic E-state index is 5.80. The summed E-state index contributed by atoms with van der Waals surface area (Å²) in [6.07, 6.45) is 3.28. The molecule has 78 valence electrons. The molecule has 0 aliphatic heterocycles.